The van der Waals surface area contributed by atoms with E-state index in [1.807, 2.05) is 24.5 Å². The lowest BCUT2D eigenvalue weighted by molar-refractivity contribution is -0.121. The molecule has 7 heteroatoms. The number of H-pyrrole nitrogens is 2. The fourth-order valence-corrected chi connectivity index (χ4v) is 6.68. The first kappa shape index (κ1) is 28.0. The van der Waals surface area contributed by atoms with E-state index < -0.39 is 0 Å². The van der Waals surface area contributed by atoms with Gasteiger partial charge in [-0.1, -0.05) is 62.1 Å². The molecule has 222 valence electrons. The number of fused-ring (bicyclic) bond motifs is 2. The molecule has 0 radical (unpaired) electrons. The third-order valence-electron chi connectivity index (χ3n) is 8.98. The fourth-order valence-electron chi connectivity index (χ4n) is 6.68. The van der Waals surface area contributed by atoms with Crippen LogP contribution in [0.4, 0.5) is 0 Å². The van der Waals surface area contributed by atoms with Crippen LogP contribution in [0.3, 0.4) is 0 Å². The first-order chi connectivity index (χ1) is 21.5. The van der Waals surface area contributed by atoms with E-state index in [1.165, 1.54) is 24.8 Å². The van der Waals surface area contributed by atoms with Crippen LogP contribution >= 0.6 is 0 Å². The molecule has 0 saturated heterocycles. The largest absolute Gasteiger partial charge is 0.356 e. The highest BCUT2D eigenvalue weighted by Crippen LogP contribution is 2.36. The lowest BCUT2D eigenvalue weighted by Gasteiger charge is -2.21. The van der Waals surface area contributed by atoms with Crippen molar-refractivity contribution in [2.45, 2.75) is 58.8 Å². The number of hydrogen-bond acceptors (Lipinski definition) is 4. The minimum absolute atomic E-state index is 0.101. The van der Waals surface area contributed by atoms with Gasteiger partial charge in [-0.15, -0.1) is 0 Å². The SMILES string of the molecule is CC1=CC=C(c2cccnc2)c2cc(-c3[nH]nc4ncc(C5=C[C@@H](C)C=CC(NC(=O)CC6CCCCC6)=C5)cc34)[nH]c2C1. The number of rotatable bonds is 6. The van der Waals surface area contributed by atoms with E-state index >= 15 is 0 Å². The van der Waals surface area contributed by atoms with Crippen molar-refractivity contribution < 1.29 is 4.79 Å². The van der Waals surface area contributed by atoms with Crippen LogP contribution in [0, 0.1) is 11.8 Å². The Balaban J connectivity index is 1.20. The Kier molecular flexibility index (Phi) is 7.69. The van der Waals surface area contributed by atoms with Gasteiger partial charge >= 0.3 is 0 Å². The molecule has 3 aliphatic carbocycles. The second-order valence-corrected chi connectivity index (χ2v) is 12.5. The molecule has 1 amide bonds. The molecule has 1 atom stereocenters. The molecule has 3 aliphatic rings. The second-order valence-electron chi connectivity index (χ2n) is 12.5. The molecule has 7 nitrogen and oxygen atoms in total. The molecule has 3 N–H and O–H groups in total. The second kappa shape index (κ2) is 12.1. The molecule has 7 rings (SSSR count). The summed E-state index contributed by atoms with van der Waals surface area (Å²) >= 11 is 0. The molecule has 4 heterocycles. The Morgan fingerprint density at radius 2 is 1.98 bits per heavy atom. The van der Waals surface area contributed by atoms with Crippen molar-refractivity contribution in [3.63, 3.8) is 0 Å². The molecule has 0 bridgehead atoms. The van der Waals surface area contributed by atoms with Crippen LogP contribution < -0.4 is 5.32 Å². The molecular formula is C37H38N6O. The zero-order valence-electron chi connectivity index (χ0n) is 25.4. The number of nitrogens with one attached hydrogen (secondary N) is 3. The van der Waals surface area contributed by atoms with Gasteiger partial charge in [0.15, 0.2) is 5.65 Å². The van der Waals surface area contributed by atoms with Gasteiger partial charge in [-0.05, 0) is 73.1 Å². The number of carbonyl (C=O) groups excluding carboxylic acids is 1. The highest BCUT2D eigenvalue weighted by molar-refractivity contribution is 5.94. The van der Waals surface area contributed by atoms with Crippen LogP contribution in [0.15, 0.2) is 90.6 Å². The van der Waals surface area contributed by atoms with Crippen molar-refractivity contribution in [2.75, 3.05) is 0 Å². The van der Waals surface area contributed by atoms with Crippen LogP contribution in [0.2, 0.25) is 0 Å². The summed E-state index contributed by atoms with van der Waals surface area (Å²) < 4.78 is 0. The third kappa shape index (κ3) is 5.87. The maximum Gasteiger partial charge on any atom is 0.224 e. The first-order valence-electron chi connectivity index (χ1n) is 15.8. The van der Waals surface area contributed by atoms with E-state index in [4.69, 9.17) is 4.98 Å². The number of nitrogens with zero attached hydrogens (tertiary/aromatic N) is 3. The third-order valence-corrected chi connectivity index (χ3v) is 8.98. The van der Waals surface area contributed by atoms with Crippen LogP contribution in [-0.2, 0) is 11.2 Å². The zero-order valence-corrected chi connectivity index (χ0v) is 25.4. The highest BCUT2D eigenvalue weighted by Gasteiger charge is 2.21. The number of amides is 1. The lowest BCUT2D eigenvalue weighted by atomic mass is 9.87. The number of allylic oxidation sites excluding steroid dienone is 8. The molecular weight excluding hydrogens is 544 g/mol. The Labute approximate surface area is 258 Å². The summed E-state index contributed by atoms with van der Waals surface area (Å²) in [7, 11) is 0. The molecule has 0 aliphatic heterocycles. The summed E-state index contributed by atoms with van der Waals surface area (Å²) in [5.41, 5.74) is 11.2. The quantitative estimate of drug-likeness (QED) is 0.216. The molecule has 4 aromatic rings. The van der Waals surface area contributed by atoms with Crippen molar-refractivity contribution in [1.29, 1.82) is 0 Å². The van der Waals surface area contributed by atoms with Crippen LogP contribution in [-0.4, -0.2) is 31.1 Å². The molecule has 44 heavy (non-hydrogen) atoms. The Morgan fingerprint density at radius 3 is 2.82 bits per heavy atom. The van der Waals surface area contributed by atoms with Gasteiger partial charge in [0.1, 0.15) is 0 Å². The summed E-state index contributed by atoms with van der Waals surface area (Å²) in [6, 6.07) is 8.43. The van der Waals surface area contributed by atoms with Crippen LogP contribution in [0.5, 0.6) is 0 Å². The van der Waals surface area contributed by atoms with Crippen molar-refractivity contribution in [1.82, 2.24) is 30.5 Å². The van der Waals surface area contributed by atoms with Gasteiger partial charge in [0.25, 0.3) is 0 Å². The Morgan fingerprint density at radius 1 is 1.09 bits per heavy atom. The average Bonchev–Trinajstić information content (AvgIpc) is 3.54. The standard InChI is InChI=1S/C37H38N6O/c1-23-10-12-29(40-35(44)17-25-7-4-3-5-8-25)18-27(15-23)28-19-32-36(42-43-37(32)39-22-28)34-20-31-30(26-9-6-14-38-21-26)13-11-24(2)16-33(31)41-34/h6,9-15,18-23,25,41H,3-5,7-8,16-17H2,1-2H3,(H,40,44)(H,39,42,43)/t23-/m0/s1. The van der Waals surface area contributed by atoms with Crippen LogP contribution in [0.25, 0.3) is 33.6 Å². The van der Waals surface area contributed by atoms with E-state index in [0.29, 0.717) is 18.0 Å². The van der Waals surface area contributed by atoms with Crippen molar-refractivity contribution in [3.8, 4) is 11.4 Å². The Hall–Kier alpha value is -4.78. The number of carbonyl (C=O) groups is 1. The lowest BCUT2D eigenvalue weighted by Crippen LogP contribution is -2.25. The van der Waals surface area contributed by atoms with E-state index in [-0.39, 0.29) is 11.8 Å². The summed E-state index contributed by atoms with van der Waals surface area (Å²) in [4.78, 5) is 25.7. The number of pyridine rings is 2. The highest BCUT2D eigenvalue weighted by atomic mass is 16.1. The number of hydrogen-bond donors (Lipinski definition) is 3. The van der Waals surface area contributed by atoms with Gasteiger partial charge in [0.2, 0.25) is 5.91 Å². The minimum atomic E-state index is 0.101. The predicted octanol–water partition coefficient (Wildman–Crippen LogP) is 7.84. The molecule has 1 saturated carbocycles. The van der Waals surface area contributed by atoms with Crippen LogP contribution in [0.1, 0.15) is 74.8 Å². The van der Waals surface area contributed by atoms with Gasteiger partial charge in [0, 0.05) is 64.9 Å². The summed E-state index contributed by atoms with van der Waals surface area (Å²) in [6.07, 6.45) is 25.9. The zero-order chi connectivity index (χ0) is 30.0. The van der Waals surface area contributed by atoms with E-state index in [9.17, 15) is 4.79 Å². The van der Waals surface area contributed by atoms with Gasteiger partial charge in [-0.25, -0.2) is 4.98 Å². The van der Waals surface area contributed by atoms with Gasteiger partial charge in [-0.2, -0.15) is 5.10 Å². The van der Waals surface area contributed by atoms with Crippen molar-refractivity contribution in [3.05, 3.63) is 113 Å². The van der Waals surface area contributed by atoms with E-state index in [1.54, 1.807) is 6.20 Å². The summed E-state index contributed by atoms with van der Waals surface area (Å²) in [5.74, 6) is 0.809. The van der Waals surface area contributed by atoms with Crippen molar-refractivity contribution >= 4 is 28.1 Å². The molecule has 4 aromatic heterocycles. The van der Waals surface area contributed by atoms with Gasteiger partial charge in [-0.3, -0.25) is 14.9 Å². The number of aromatic nitrogens is 5. The van der Waals surface area contributed by atoms with Gasteiger partial charge < -0.3 is 10.3 Å². The Bertz CT molecular complexity index is 1860. The maximum absolute atomic E-state index is 13.0. The van der Waals surface area contributed by atoms with Crippen molar-refractivity contribution in [2.24, 2.45) is 11.8 Å². The summed E-state index contributed by atoms with van der Waals surface area (Å²) in [5, 5.41) is 11.9. The monoisotopic (exact) mass is 582 g/mol. The summed E-state index contributed by atoms with van der Waals surface area (Å²) in [6.45, 7) is 4.31. The molecule has 0 aromatic carbocycles. The van der Waals surface area contributed by atoms with Gasteiger partial charge in [0.05, 0.1) is 11.4 Å². The first-order valence-corrected chi connectivity index (χ1v) is 15.8. The smallest absolute Gasteiger partial charge is 0.224 e. The van der Waals surface area contributed by atoms with E-state index in [0.717, 1.165) is 75.3 Å². The molecule has 1 fully saturated rings. The van der Waals surface area contributed by atoms with E-state index in [2.05, 4.69) is 87.9 Å². The maximum atomic E-state index is 13.0. The minimum Gasteiger partial charge on any atom is -0.356 e. The number of aromatic amines is 2. The molecule has 0 spiro atoms. The average molecular weight is 583 g/mol. The molecule has 0 unspecified atom stereocenters. The topological polar surface area (TPSA) is 99.3 Å². The predicted molar refractivity (Wildman–Crippen MR) is 176 cm³/mol. The normalized spacial score (nSPS) is 18.9. The fraction of sp³-hybridized carbons (Fsp3) is 0.297.